The lowest BCUT2D eigenvalue weighted by Crippen LogP contribution is -2.42. The number of nitrogens with zero attached hydrogens (tertiary/aromatic N) is 2. The average molecular weight is 431 g/mol. The van der Waals surface area contributed by atoms with Gasteiger partial charge in [-0.05, 0) is 44.0 Å². The first-order valence-corrected chi connectivity index (χ1v) is 11.1. The van der Waals surface area contributed by atoms with Crippen molar-refractivity contribution in [2.24, 2.45) is 0 Å². The molecule has 5 rings (SSSR count). The van der Waals surface area contributed by atoms with Crippen molar-refractivity contribution in [3.63, 3.8) is 0 Å². The summed E-state index contributed by atoms with van der Waals surface area (Å²) in [6.45, 7) is 5.85. The van der Waals surface area contributed by atoms with Crippen molar-refractivity contribution in [3.8, 4) is 0 Å². The molecule has 7 nitrogen and oxygen atoms in total. The van der Waals surface area contributed by atoms with Gasteiger partial charge in [-0.2, -0.15) is 0 Å². The largest absolute Gasteiger partial charge is 0.356 e. The zero-order chi connectivity index (χ0) is 22.6. The first-order valence-electron chi connectivity index (χ1n) is 11.1. The maximum Gasteiger partial charge on any atom is 0.332 e. The summed E-state index contributed by atoms with van der Waals surface area (Å²) in [7, 11) is 0. The maximum absolute atomic E-state index is 13.5. The van der Waals surface area contributed by atoms with E-state index in [9.17, 15) is 14.4 Å². The summed E-state index contributed by atoms with van der Waals surface area (Å²) < 4.78 is 0. The van der Waals surface area contributed by atoms with E-state index in [0.29, 0.717) is 17.7 Å². The predicted octanol–water partition coefficient (Wildman–Crippen LogP) is 4.15. The van der Waals surface area contributed by atoms with Crippen LogP contribution in [0.5, 0.6) is 0 Å². The van der Waals surface area contributed by atoms with Crippen molar-refractivity contribution in [3.05, 3.63) is 65.4 Å². The smallest absolute Gasteiger partial charge is 0.332 e. The minimum atomic E-state index is -0.588. The van der Waals surface area contributed by atoms with Crippen molar-refractivity contribution < 1.29 is 14.4 Å². The SMILES string of the molecule is CC[C@H](C)NC(=O)c1ccccc1N1C(=O)[C@@H]2Cc3c([nH]c4ccccc34)[C@@H](C)N2C1=O. The van der Waals surface area contributed by atoms with Gasteiger partial charge in [0.1, 0.15) is 6.04 Å². The van der Waals surface area contributed by atoms with E-state index in [1.54, 1.807) is 29.2 Å². The van der Waals surface area contributed by atoms with Gasteiger partial charge in [0.2, 0.25) is 0 Å². The van der Waals surface area contributed by atoms with Gasteiger partial charge in [-0.15, -0.1) is 0 Å². The Morgan fingerprint density at radius 2 is 1.88 bits per heavy atom. The molecule has 3 atom stereocenters. The number of hydrogen-bond acceptors (Lipinski definition) is 3. The zero-order valence-electron chi connectivity index (χ0n) is 18.4. The minimum absolute atomic E-state index is 0.00907. The molecule has 1 saturated heterocycles. The van der Waals surface area contributed by atoms with Crippen molar-refractivity contribution in [1.29, 1.82) is 0 Å². The van der Waals surface area contributed by atoms with Gasteiger partial charge in [-0.1, -0.05) is 37.3 Å². The number of fused-ring (bicyclic) bond motifs is 4. The lowest BCUT2D eigenvalue weighted by atomic mass is 9.93. The molecule has 0 bridgehead atoms. The van der Waals surface area contributed by atoms with Crippen LogP contribution < -0.4 is 10.2 Å². The number of imide groups is 1. The number of para-hydroxylation sites is 2. The lowest BCUT2D eigenvalue weighted by molar-refractivity contribution is -0.120. The number of aromatic amines is 1. The molecule has 2 aromatic carbocycles. The summed E-state index contributed by atoms with van der Waals surface area (Å²) in [5.41, 5.74) is 3.71. The van der Waals surface area contributed by atoms with Gasteiger partial charge in [-0.25, -0.2) is 9.69 Å². The number of carbonyl (C=O) groups is 3. The normalized spacial score (nSPS) is 21.0. The second-order valence-electron chi connectivity index (χ2n) is 8.62. The van der Waals surface area contributed by atoms with Gasteiger partial charge in [0, 0.05) is 29.1 Å². The van der Waals surface area contributed by atoms with E-state index in [1.165, 1.54) is 4.90 Å². The molecule has 0 spiro atoms. The third-order valence-electron chi connectivity index (χ3n) is 6.71. The van der Waals surface area contributed by atoms with Gasteiger partial charge in [0.05, 0.1) is 17.3 Å². The fourth-order valence-electron chi connectivity index (χ4n) is 4.85. The van der Waals surface area contributed by atoms with Crippen LogP contribution in [0.1, 0.15) is 54.8 Å². The second-order valence-corrected chi connectivity index (χ2v) is 8.62. The van der Waals surface area contributed by atoms with E-state index >= 15 is 0 Å². The third-order valence-corrected chi connectivity index (χ3v) is 6.71. The van der Waals surface area contributed by atoms with Crippen LogP contribution >= 0.6 is 0 Å². The Bertz CT molecular complexity index is 1250. The van der Waals surface area contributed by atoms with E-state index in [0.717, 1.165) is 28.6 Å². The average Bonchev–Trinajstić information content (AvgIpc) is 3.29. The Balaban J connectivity index is 1.53. The van der Waals surface area contributed by atoms with Gasteiger partial charge >= 0.3 is 6.03 Å². The molecule has 2 N–H and O–H groups in total. The van der Waals surface area contributed by atoms with Crippen molar-refractivity contribution in [1.82, 2.24) is 15.2 Å². The highest BCUT2D eigenvalue weighted by molar-refractivity contribution is 6.24. The molecule has 0 radical (unpaired) electrons. The molecular weight excluding hydrogens is 404 g/mol. The number of nitrogens with one attached hydrogen (secondary N) is 2. The molecule has 0 aliphatic carbocycles. The Morgan fingerprint density at radius 1 is 1.16 bits per heavy atom. The summed E-state index contributed by atoms with van der Waals surface area (Å²) in [5.74, 6) is -0.578. The molecule has 164 valence electrons. The van der Waals surface area contributed by atoms with Crippen LogP contribution in [0, 0.1) is 0 Å². The monoisotopic (exact) mass is 430 g/mol. The maximum atomic E-state index is 13.5. The molecule has 1 aromatic heterocycles. The summed E-state index contributed by atoms with van der Waals surface area (Å²) in [6.07, 6.45) is 1.24. The fourth-order valence-corrected chi connectivity index (χ4v) is 4.85. The van der Waals surface area contributed by atoms with Crippen molar-refractivity contribution >= 4 is 34.4 Å². The summed E-state index contributed by atoms with van der Waals surface area (Å²) in [4.78, 5) is 46.2. The molecule has 3 heterocycles. The number of rotatable bonds is 4. The number of urea groups is 1. The van der Waals surface area contributed by atoms with Gasteiger partial charge in [0.25, 0.3) is 11.8 Å². The molecule has 2 aliphatic rings. The highest BCUT2D eigenvalue weighted by Crippen LogP contribution is 2.42. The van der Waals surface area contributed by atoms with E-state index in [4.69, 9.17) is 0 Å². The van der Waals surface area contributed by atoms with Crippen LogP contribution in [0.3, 0.4) is 0 Å². The molecule has 3 aromatic rings. The number of benzene rings is 2. The van der Waals surface area contributed by atoms with E-state index in [-0.39, 0.29) is 29.9 Å². The van der Waals surface area contributed by atoms with Gasteiger partial charge in [0.15, 0.2) is 0 Å². The molecular formula is C25H26N4O3. The Labute approximate surface area is 186 Å². The second kappa shape index (κ2) is 7.51. The van der Waals surface area contributed by atoms with Crippen LogP contribution in [0.15, 0.2) is 48.5 Å². The minimum Gasteiger partial charge on any atom is -0.356 e. The highest BCUT2D eigenvalue weighted by atomic mass is 16.2. The van der Waals surface area contributed by atoms with Crippen LogP contribution in [0.2, 0.25) is 0 Å². The summed E-state index contributed by atoms with van der Waals surface area (Å²) >= 11 is 0. The number of H-pyrrole nitrogens is 1. The number of carbonyl (C=O) groups excluding carboxylic acids is 3. The Morgan fingerprint density at radius 3 is 2.66 bits per heavy atom. The topological polar surface area (TPSA) is 85.5 Å². The van der Waals surface area contributed by atoms with Crippen molar-refractivity contribution in [2.45, 2.75) is 51.7 Å². The van der Waals surface area contributed by atoms with Gasteiger partial charge < -0.3 is 15.2 Å². The van der Waals surface area contributed by atoms with Crippen LogP contribution in [0.4, 0.5) is 10.5 Å². The highest BCUT2D eigenvalue weighted by Gasteiger charge is 2.52. The molecule has 0 unspecified atom stereocenters. The van der Waals surface area contributed by atoms with Gasteiger partial charge in [-0.3, -0.25) is 9.59 Å². The molecule has 0 saturated carbocycles. The summed E-state index contributed by atoms with van der Waals surface area (Å²) in [6, 6.07) is 13.5. The van der Waals surface area contributed by atoms with Crippen molar-refractivity contribution in [2.75, 3.05) is 4.90 Å². The quantitative estimate of drug-likeness (QED) is 0.610. The molecule has 32 heavy (non-hydrogen) atoms. The third kappa shape index (κ3) is 2.92. The predicted molar refractivity (Wildman–Crippen MR) is 123 cm³/mol. The van der Waals surface area contributed by atoms with E-state index in [1.807, 2.05) is 45.0 Å². The van der Waals surface area contributed by atoms with E-state index in [2.05, 4.69) is 10.3 Å². The van der Waals surface area contributed by atoms with E-state index < -0.39 is 6.04 Å². The Hall–Kier alpha value is -3.61. The molecule has 2 aliphatic heterocycles. The standard InChI is InChI=1S/C25H26N4O3/c1-4-14(2)26-23(30)17-10-6-8-12-20(17)29-24(31)21-13-18-16-9-5-7-11-19(16)27-22(18)15(3)28(21)25(29)32/h5-12,14-15,21,27H,4,13H2,1-3H3,(H,26,30)/t14-,15+,21-/m0/s1. The Kier molecular flexibility index (Phi) is 4.77. The lowest BCUT2D eigenvalue weighted by Gasteiger charge is -2.33. The summed E-state index contributed by atoms with van der Waals surface area (Å²) in [5, 5.41) is 4.02. The van der Waals surface area contributed by atoms with Crippen LogP contribution in [-0.4, -0.2) is 39.8 Å². The fraction of sp³-hybridized carbons (Fsp3) is 0.320. The molecule has 7 heteroatoms. The zero-order valence-corrected chi connectivity index (χ0v) is 18.4. The van der Waals surface area contributed by atoms with Crippen LogP contribution in [-0.2, 0) is 11.2 Å². The first kappa shape index (κ1) is 20.3. The number of amides is 4. The number of aromatic nitrogens is 1. The number of anilines is 1. The molecule has 1 fully saturated rings. The first-order chi connectivity index (χ1) is 15.4. The van der Waals surface area contributed by atoms with Crippen LogP contribution in [0.25, 0.3) is 10.9 Å². The molecule has 4 amide bonds. The number of hydrogen-bond donors (Lipinski definition) is 2.